The molecule has 138 valence electrons. The maximum absolute atomic E-state index is 12.1. The Bertz CT molecular complexity index is 724. The normalized spacial score (nSPS) is 15.1. The predicted molar refractivity (Wildman–Crippen MR) is 108 cm³/mol. The van der Waals surface area contributed by atoms with E-state index in [9.17, 15) is 4.79 Å². The van der Waals surface area contributed by atoms with Gasteiger partial charge in [0, 0.05) is 37.9 Å². The lowest BCUT2D eigenvalue weighted by atomic mass is 10.0. The Kier molecular flexibility index (Phi) is 6.53. The monoisotopic (exact) mass is 371 g/mol. The minimum atomic E-state index is -0.119. The number of halogens is 1. The van der Waals surface area contributed by atoms with E-state index in [0.29, 0.717) is 23.2 Å². The topological polar surface area (TPSA) is 44.4 Å². The smallest absolute Gasteiger partial charge is 0.252 e. The number of nitrogens with zero attached hydrogens (tertiary/aromatic N) is 1. The van der Waals surface area contributed by atoms with Gasteiger partial charge in [0.15, 0.2) is 0 Å². The van der Waals surface area contributed by atoms with Crippen molar-refractivity contribution in [2.24, 2.45) is 0 Å². The molecule has 0 saturated carbocycles. The Morgan fingerprint density at radius 2 is 1.77 bits per heavy atom. The van der Waals surface area contributed by atoms with Gasteiger partial charge in [0.2, 0.25) is 0 Å². The van der Waals surface area contributed by atoms with E-state index in [1.165, 1.54) is 11.3 Å². The number of aryl methyl sites for hydroxylation is 1. The third-order valence-corrected chi connectivity index (χ3v) is 5.19. The van der Waals surface area contributed by atoms with Crippen LogP contribution in [0.25, 0.3) is 0 Å². The first-order chi connectivity index (χ1) is 12.6. The number of rotatable bonds is 6. The van der Waals surface area contributed by atoms with E-state index >= 15 is 0 Å². The minimum Gasteiger partial charge on any atom is -0.371 e. The minimum absolute atomic E-state index is 0.119. The van der Waals surface area contributed by atoms with Crippen LogP contribution in [0.15, 0.2) is 48.5 Å². The van der Waals surface area contributed by atoms with Crippen molar-refractivity contribution >= 4 is 23.2 Å². The van der Waals surface area contributed by atoms with E-state index < -0.39 is 0 Å². The van der Waals surface area contributed by atoms with Crippen LogP contribution >= 0.6 is 11.6 Å². The first kappa shape index (κ1) is 18.7. The lowest BCUT2D eigenvalue weighted by Crippen LogP contribution is -2.44. The van der Waals surface area contributed by atoms with Gasteiger partial charge in [0.25, 0.3) is 5.91 Å². The Morgan fingerprint density at radius 3 is 2.46 bits per heavy atom. The van der Waals surface area contributed by atoms with E-state index in [-0.39, 0.29) is 5.91 Å². The number of nitrogens with one attached hydrogen (secondary N) is 2. The molecule has 0 spiro atoms. The van der Waals surface area contributed by atoms with Crippen molar-refractivity contribution in [2.75, 3.05) is 31.1 Å². The van der Waals surface area contributed by atoms with Gasteiger partial charge < -0.3 is 15.5 Å². The summed E-state index contributed by atoms with van der Waals surface area (Å²) in [6, 6.07) is 16.4. The maximum atomic E-state index is 12.1. The number of hydrogen-bond acceptors (Lipinski definition) is 3. The molecule has 2 aromatic rings. The molecule has 2 N–H and O–H groups in total. The van der Waals surface area contributed by atoms with Crippen molar-refractivity contribution in [1.82, 2.24) is 10.6 Å². The molecule has 5 heteroatoms. The third kappa shape index (κ3) is 4.99. The molecule has 1 aliphatic rings. The number of carbonyl (C=O) groups excluding carboxylic acids is 1. The Labute approximate surface area is 160 Å². The highest BCUT2D eigenvalue weighted by molar-refractivity contribution is 6.33. The van der Waals surface area contributed by atoms with Gasteiger partial charge in [-0.25, -0.2) is 0 Å². The molecule has 1 amide bonds. The summed E-state index contributed by atoms with van der Waals surface area (Å²) in [7, 11) is 0. The molecule has 2 aromatic carbocycles. The Morgan fingerprint density at radius 1 is 1.08 bits per heavy atom. The molecule has 3 rings (SSSR count). The average molecular weight is 372 g/mol. The summed E-state index contributed by atoms with van der Waals surface area (Å²) in [5, 5.41) is 6.96. The molecule has 1 heterocycles. The van der Waals surface area contributed by atoms with Gasteiger partial charge in [-0.1, -0.05) is 41.4 Å². The van der Waals surface area contributed by atoms with Crippen LogP contribution < -0.4 is 15.5 Å². The van der Waals surface area contributed by atoms with Crippen molar-refractivity contribution in [3.05, 3.63) is 64.7 Å². The highest BCUT2D eigenvalue weighted by Crippen LogP contribution is 2.20. The molecule has 0 unspecified atom stereocenters. The number of benzene rings is 2. The van der Waals surface area contributed by atoms with Gasteiger partial charge in [-0.05, 0) is 44.0 Å². The fourth-order valence-electron chi connectivity index (χ4n) is 3.29. The molecule has 0 aromatic heterocycles. The van der Waals surface area contributed by atoms with Gasteiger partial charge in [-0.3, -0.25) is 4.79 Å². The maximum Gasteiger partial charge on any atom is 0.252 e. The second kappa shape index (κ2) is 9.06. The van der Waals surface area contributed by atoms with E-state index in [2.05, 4.69) is 46.7 Å². The molecule has 0 bridgehead atoms. The van der Waals surface area contributed by atoms with Gasteiger partial charge in [0.05, 0.1) is 10.6 Å². The van der Waals surface area contributed by atoms with E-state index in [4.69, 9.17) is 11.6 Å². The molecule has 4 nitrogen and oxygen atoms in total. The summed E-state index contributed by atoms with van der Waals surface area (Å²) in [6.07, 6.45) is 2.23. The quantitative estimate of drug-likeness (QED) is 0.762. The molecule has 26 heavy (non-hydrogen) atoms. The zero-order valence-corrected chi connectivity index (χ0v) is 15.9. The number of anilines is 1. The van der Waals surface area contributed by atoms with Crippen LogP contribution in [0.2, 0.25) is 5.02 Å². The molecule has 0 aliphatic carbocycles. The van der Waals surface area contributed by atoms with Crippen molar-refractivity contribution < 1.29 is 4.79 Å². The van der Waals surface area contributed by atoms with Crippen LogP contribution in [0.5, 0.6) is 0 Å². The van der Waals surface area contributed by atoms with Crippen molar-refractivity contribution in [1.29, 1.82) is 0 Å². The summed E-state index contributed by atoms with van der Waals surface area (Å²) >= 11 is 6.05. The van der Waals surface area contributed by atoms with Crippen LogP contribution in [0, 0.1) is 6.92 Å². The largest absolute Gasteiger partial charge is 0.371 e. The van der Waals surface area contributed by atoms with Crippen LogP contribution in [0.1, 0.15) is 28.8 Å². The first-order valence-corrected chi connectivity index (χ1v) is 9.59. The highest BCUT2D eigenvalue weighted by atomic mass is 35.5. The number of hydrogen-bond donors (Lipinski definition) is 2. The molecule has 0 radical (unpaired) electrons. The van der Waals surface area contributed by atoms with Crippen molar-refractivity contribution in [3.8, 4) is 0 Å². The number of carbonyl (C=O) groups is 1. The SMILES string of the molecule is Cc1ccc(N2CCC(NCCNC(=O)c3ccccc3Cl)CC2)cc1. The van der Waals surface area contributed by atoms with Crippen molar-refractivity contribution in [2.45, 2.75) is 25.8 Å². The van der Waals surface area contributed by atoms with E-state index in [0.717, 1.165) is 32.5 Å². The first-order valence-electron chi connectivity index (χ1n) is 9.21. The second-order valence-electron chi connectivity index (χ2n) is 6.79. The number of amides is 1. The molecular formula is C21H26ClN3O. The summed E-state index contributed by atoms with van der Waals surface area (Å²) in [4.78, 5) is 14.6. The van der Waals surface area contributed by atoms with Gasteiger partial charge in [-0.2, -0.15) is 0 Å². The van der Waals surface area contributed by atoms with Gasteiger partial charge in [0.1, 0.15) is 0 Å². The summed E-state index contributed by atoms with van der Waals surface area (Å²) in [6.45, 7) is 5.61. The standard InChI is InChI=1S/C21H26ClN3O/c1-16-6-8-18(9-7-16)25-14-10-17(11-15-25)23-12-13-24-21(26)19-4-2-3-5-20(19)22/h2-9,17,23H,10-15H2,1H3,(H,24,26). The molecule has 1 saturated heterocycles. The fraction of sp³-hybridized carbons (Fsp3) is 0.381. The van der Waals surface area contributed by atoms with Crippen LogP contribution in [0.3, 0.4) is 0 Å². The van der Waals surface area contributed by atoms with Crippen LogP contribution in [-0.2, 0) is 0 Å². The van der Waals surface area contributed by atoms with E-state index in [1.807, 2.05) is 12.1 Å². The van der Waals surface area contributed by atoms with Crippen LogP contribution in [-0.4, -0.2) is 38.1 Å². The summed E-state index contributed by atoms with van der Waals surface area (Å²) < 4.78 is 0. The zero-order chi connectivity index (χ0) is 18.4. The third-order valence-electron chi connectivity index (χ3n) is 4.86. The molecule has 0 atom stereocenters. The zero-order valence-electron chi connectivity index (χ0n) is 15.2. The fourth-order valence-corrected chi connectivity index (χ4v) is 3.51. The Balaban J connectivity index is 1.36. The van der Waals surface area contributed by atoms with Gasteiger partial charge in [-0.15, -0.1) is 0 Å². The molecule has 1 fully saturated rings. The summed E-state index contributed by atoms with van der Waals surface area (Å²) in [5.74, 6) is -0.119. The van der Waals surface area contributed by atoms with E-state index in [1.54, 1.807) is 12.1 Å². The number of piperidine rings is 1. The lowest BCUT2D eigenvalue weighted by molar-refractivity contribution is 0.0953. The predicted octanol–water partition coefficient (Wildman–Crippen LogP) is 3.64. The van der Waals surface area contributed by atoms with Crippen LogP contribution in [0.4, 0.5) is 5.69 Å². The highest BCUT2D eigenvalue weighted by Gasteiger charge is 2.18. The molecular weight excluding hydrogens is 346 g/mol. The lowest BCUT2D eigenvalue weighted by Gasteiger charge is -2.34. The average Bonchev–Trinajstić information content (AvgIpc) is 2.66. The second-order valence-corrected chi connectivity index (χ2v) is 7.19. The molecule has 1 aliphatic heterocycles. The Hall–Kier alpha value is -2.04. The van der Waals surface area contributed by atoms with Crippen molar-refractivity contribution in [3.63, 3.8) is 0 Å². The summed E-state index contributed by atoms with van der Waals surface area (Å²) in [5.41, 5.74) is 3.13. The van der Waals surface area contributed by atoms with Gasteiger partial charge >= 0.3 is 0 Å².